The molecule has 0 spiro atoms. The Morgan fingerprint density at radius 3 is 2.70 bits per heavy atom. The Hall–Kier alpha value is -3.14. The minimum absolute atomic E-state index is 0.0424. The van der Waals surface area contributed by atoms with E-state index in [4.69, 9.17) is 11.6 Å². The van der Waals surface area contributed by atoms with Gasteiger partial charge in [-0.25, -0.2) is 13.6 Å². The second-order valence-electron chi connectivity index (χ2n) is 7.07. The first kappa shape index (κ1) is 20.1. The number of aromatic nitrogens is 5. The number of halogens is 3. The molecule has 1 aromatic carbocycles. The van der Waals surface area contributed by atoms with Crippen LogP contribution < -0.4 is 5.32 Å². The lowest BCUT2D eigenvalue weighted by Crippen LogP contribution is -2.38. The van der Waals surface area contributed by atoms with Gasteiger partial charge in [0.05, 0.1) is 24.8 Å². The first-order valence-electron chi connectivity index (χ1n) is 9.22. The van der Waals surface area contributed by atoms with Gasteiger partial charge in [-0.1, -0.05) is 11.6 Å². The molecule has 1 aliphatic carbocycles. The third-order valence-corrected chi connectivity index (χ3v) is 5.06. The van der Waals surface area contributed by atoms with Crippen molar-refractivity contribution in [1.29, 1.82) is 0 Å². The molecule has 11 heteroatoms. The van der Waals surface area contributed by atoms with Crippen LogP contribution in [0.25, 0.3) is 22.5 Å². The molecule has 2 amide bonds. The minimum atomic E-state index is -0.662. The van der Waals surface area contributed by atoms with Gasteiger partial charge in [0, 0.05) is 29.9 Å². The molecule has 4 rings (SSSR count). The van der Waals surface area contributed by atoms with Crippen molar-refractivity contribution in [2.45, 2.75) is 25.4 Å². The number of amides is 2. The number of carbonyl (C=O) groups excluding carboxylic acids is 1. The lowest BCUT2D eigenvalue weighted by molar-refractivity contribution is 0.206. The van der Waals surface area contributed by atoms with E-state index in [2.05, 4.69) is 25.7 Å². The maximum absolute atomic E-state index is 14.7. The molecule has 2 heterocycles. The second kappa shape index (κ2) is 7.94. The highest BCUT2D eigenvalue weighted by Crippen LogP contribution is 2.35. The standard InChI is InChI=1S/C19H18ClF2N7O/c1-28(12-3-4-12)19(30)24-9-16-14(21)5-10(8-23-16)13-6-11(20)7-15(22)17(13)18-25-27-29(2)26-18/h5-8,12H,3-4,9H2,1-2H3,(H,24,30). The average molecular weight is 434 g/mol. The number of urea groups is 1. The molecular weight excluding hydrogens is 416 g/mol. The highest BCUT2D eigenvalue weighted by atomic mass is 35.5. The molecule has 2 aromatic heterocycles. The van der Waals surface area contributed by atoms with Crippen LogP contribution in [0.2, 0.25) is 5.02 Å². The first-order valence-corrected chi connectivity index (χ1v) is 9.60. The zero-order chi connectivity index (χ0) is 21.4. The summed E-state index contributed by atoms with van der Waals surface area (Å²) >= 11 is 6.01. The fourth-order valence-corrected chi connectivity index (χ4v) is 3.27. The van der Waals surface area contributed by atoms with Gasteiger partial charge in [-0.2, -0.15) is 4.80 Å². The van der Waals surface area contributed by atoms with Crippen LogP contribution in [-0.2, 0) is 13.6 Å². The highest BCUT2D eigenvalue weighted by Gasteiger charge is 2.29. The van der Waals surface area contributed by atoms with Crippen molar-refractivity contribution < 1.29 is 13.6 Å². The van der Waals surface area contributed by atoms with Crippen molar-refractivity contribution in [3.05, 3.63) is 46.7 Å². The Kier molecular flexibility index (Phi) is 5.33. The van der Waals surface area contributed by atoms with Crippen LogP contribution in [0.15, 0.2) is 24.4 Å². The topological polar surface area (TPSA) is 88.8 Å². The summed E-state index contributed by atoms with van der Waals surface area (Å²) in [5, 5.41) is 14.4. The van der Waals surface area contributed by atoms with Crippen LogP contribution in [0.5, 0.6) is 0 Å². The Morgan fingerprint density at radius 2 is 2.07 bits per heavy atom. The molecule has 1 saturated carbocycles. The molecule has 0 bridgehead atoms. The fourth-order valence-electron chi connectivity index (χ4n) is 3.07. The zero-order valence-electron chi connectivity index (χ0n) is 16.2. The van der Waals surface area contributed by atoms with E-state index in [1.165, 1.54) is 23.1 Å². The van der Waals surface area contributed by atoms with E-state index < -0.39 is 11.6 Å². The molecule has 0 aliphatic heterocycles. The van der Waals surface area contributed by atoms with Crippen molar-refractivity contribution in [2.75, 3.05) is 7.05 Å². The highest BCUT2D eigenvalue weighted by molar-refractivity contribution is 6.31. The van der Waals surface area contributed by atoms with E-state index in [-0.39, 0.29) is 46.3 Å². The monoisotopic (exact) mass is 433 g/mol. The lowest BCUT2D eigenvalue weighted by atomic mass is 9.99. The van der Waals surface area contributed by atoms with Crippen molar-refractivity contribution in [3.63, 3.8) is 0 Å². The first-order chi connectivity index (χ1) is 14.3. The largest absolute Gasteiger partial charge is 0.332 e. The van der Waals surface area contributed by atoms with Gasteiger partial charge in [-0.05, 0) is 41.8 Å². The van der Waals surface area contributed by atoms with Crippen molar-refractivity contribution in [2.24, 2.45) is 7.05 Å². The number of hydrogen-bond acceptors (Lipinski definition) is 5. The molecule has 8 nitrogen and oxygen atoms in total. The SMILES string of the molecule is CN(C(=O)NCc1ncc(-c2cc(Cl)cc(F)c2-c2nnn(C)n2)cc1F)C1CC1. The number of tetrazole rings is 1. The third-order valence-electron chi connectivity index (χ3n) is 4.84. The summed E-state index contributed by atoms with van der Waals surface area (Å²) in [7, 11) is 3.25. The number of hydrogen-bond donors (Lipinski definition) is 1. The van der Waals surface area contributed by atoms with Gasteiger partial charge in [-0.3, -0.25) is 4.98 Å². The van der Waals surface area contributed by atoms with E-state index in [0.717, 1.165) is 18.9 Å². The smallest absolute Gasteiger partial charge is 0.317 e. The second-order valence-corrected chi connectivity index (χ2v) is 7.50. The number of carbonyl (C=O) groups is 1. The molecule has 1 fully saturated rings. The van der Waals surface area contributed by atoms with E-state index in [1.807, 2.05) is 0 Å². The molecule has 156 valence electrons. The predicted molar refractivity (Wildman–Crippen MR) is 105 cm³/mol. The van der Waals surface area contributed by atoms with Crippen LogP contribution >= 0.6 is 11.6 Å². The van der Waals surface area contributed by atoms with Crippen molar-refractivity contribution >= 4 is 17.6 Å². The van der Waals surface area contributed by atoms with Crippen LogP contribution in [0.4, 0.5) is 13.6 Å². The minimum Gasteiger partial charge on any atom is -0.332 e. The molecule has 0 radical (unpaired) electrons. The van der Waals surface area contributed by atoms with Crippen LogP contribution in [-0.4, -0.2) is 49.2 Å². The predicted octanol–water partition coefficient (Wildman–Crippen LogP) is 3.17. The molecule has 0 unspecified atom stereocenters. The Bertz CT molecular complexity index is 1120. The molecule has 3 aromatic rings. The van der Waals surface area contributed by atoms with E-state index >= 15 is 0 Å². The van der Waals surface area contributed by atoms with Gasteiger partial charge >= 0.3 is 6.03 Å². The number of aryl methyl sites for hydroxylation is 1. The fraction of sp³-hybridized carbons (Fsp3) is 0.316. The zero-order valence-corrected chi connectivity index (χ0v) is 17.0. The maximum atomic E-state index is 14.7. The average Bonchev–Trinajstić information content (AvgIpc) is 3.47. The Balaban J connectivity index is 1.62. The number of pyridine rings is 1. The van der Waals surface area contributed by atoms with Gasteiger partial charge in [0.2, 0.25) is 5.82 Å². The summed E-state index contributed by atoms with van der Waals surface area (Å²) in [6.07, 6.45) is 3.34. The Morgan fingerprint density at radius 1 is 1.30 bits per heavy atom. The quantitative estimate of drug-likeness (QED) is 0.667. The maximum Gasteiger partial charge on any atom is 0.317 e. The van der Waals surface area contributed by atoms with Gasteiger partial charge in [-0.15, -0.1) is 10.2 Å². The van der Waals surface area contributed by atoms with Crippen molar-refractivity contribution in [1.82, 2.24) is 35.4 Å². The van der Waals surface area contributed by atoms with E-state index in [0.29, 0.717) is 5.56 Å². The van der Waals surface area contributed by atoms with E-state index in [9.17, 15) is 13.6 Å². The molecule has 0 atom stereocenters. The van der Waals surface area contributed by atoms with Gasteiger partial charge in [0.25, 0.3) is 0 Å². The summed E-state index contributed by atoms with van der Waals surface area (Å²) in [6.45, 7) is -0.0650. The summed E-state index contributed by atoms with van der Waals surface area (Å²) in [4.78, 5) is 19.0. The summed E-state index contributed by atoms with van der Waals surface area (Å²) in [5.41, 5.74) is 0.684. The van der Waals surface area contributed by atoms with Crippen molar-refractivity contribution in [3.8, 4) is 22.5 Å². The molecule has 0 saturated heterocycles. The summed E-state index contributed by atoms with van der Waals surface area (Å²) in [5.74, 6) is -1.26. The summed E-state index contributed by atoms with van der Waals surface area (Å²) < 4.78 is 29.4. The Labute approximate surface area is 175 Å². The third kappa shape index (κ3) is 4.09. The number of benzene rings is 1. The number of rotatable bonds is 5. The van der Waals surface area contributed by atoms with Crippen LogP contribution in [0.1, 0.15) is 18.5 Å². The number of nitrogens with one attached hydrogen (secondary N) is 1. The van der Waals surface area contributed by atoms with E-state index in [1.54, 1.807) is 19.0 Å². The van der Waals surface area contributed by atoms with Gasteiger partial charge < -0.3 is 10.2 Å². The molecular formula is C19H18ClF2N7O. The normalized spacial score (nSPS) is 13.4. The van der Waals surface area contributed by atoms with Gasteiger partial charge in [0.15, 0.2) is 0 Å². The summed E-state index contributed by atoms with van der Waals surface area (Å²) in [6, 6.07) is 3.79. The van der Waals surface area contributed by atoms with Crippen LogP contribution in [0.3, 0.4) is 0 Å². The van der Waals surface area contributed by atoms with Gasteiger partial charge in [0.1, 0.15) is 11.6 Å². The molecule has 1 aliphatic rings. The number of nitrogens with zero attached hydrogens (tertiary/aromatic N) is 6. The lowest BCUT2D eigenvalue weighted by Gasteiger charge is -2.17. The van der Waals surface area contributed by atoms with Crippen LogP contribution in [0, 0.1) is 11.6 Å². The molecule has 1 N–H and O–H groups in total. The molecule has 30 heavy (non-hydrogen) atoms.